The number of β-amino-alcohol motifs (C(OH)–C–C–N with tert-alkyl or cyclic N) is 1. The van der Waals surface area contributed by atoms with Gasteiger partial charge in [0, 0.05) is 51.9 Å². The fourth-order valence-corrected chi connectivity index (χ4v) is 5.20. The average Bonchev–Trinajstić information content (AvgIpc) is 2.88. The normalized spacial score (nSPS) is 30.0. The molecule has 1 aromatic rings. The van der Waals surface area contributed by atoms with Gasteiger partial charge in [-0.05, 0) is 30.0 Å². The molecule has 0 saturated carbocycles. The molecule has 2 atom stereocenters. The minimum absolute atomic E-state index is 0.172. The van der Waals surface area contributed by atoms with Crippen LogP contribution in [0.5, 0.6) is 0 Å². The van der Waals surface area contributed by atoms with E-state index in [9.17, 15) is 9.50 Å². The summed E-state index contributed by atoms with van der Waals surface area (Å²) in [5, 5.41) is 10.2. The van der Waals surface area contributed by atoms with Crippen LogP contribution >= 0.6 is 0 Å². The van der Waals surface area contributed by atoms with Crippen molar-refractivity contribution in [3.63, 3.8) is 0 Å². The zero-order valence-corrected chi connectivity index (χ0v) is 15.4. The van der Waals surface area contributed by atoms with Crippen LogP contribution in [-0.4, -0.2) is 76.8 Å². The van der Waals surface area contributed by atoms with E-state index >= 15 is 0 Å². The second-order valence-corrected chi connectivity index (χ2v) is 8.78. The van der Waals surface area contributed by atoms with Crippen LogP contribution in [0.15, 0.2) is 24.3 Å². The van der Waals surface area contributed by atoms with E-state index in [0.717, 1.165) is 52.2 Å². The van der Waals surface area contributed by atoms with Crippen LogP contribution in [0.25, 0.3) is 0 Å². The highest BCUT2D eigenvalue weighted by Crippen LogP contribution is 2.39. The fourth-order valence-electron chi connectivity index (χ4n) is 5.20. The Balaban J connectivity index is 1.43. The van der Waals surface area contributed by atoms with Gasteiger partial charge in [-0.25, -0.2) is 4.39 Å². The van der Waals surface area contributed by atoms with Crippen LogP contribution in [0, 0.1) is 11.7 Å². The molecule has 3 aliphatic rings. The van der Waals surface area contributed by atoms with Crippen LogP contribution in [0.2, 0.25) is 0 Å². The molecule has 0 amide bonds. The van der Waals surface area contributed by atoms with E-state index in [4.69, 9.17) is 0 Å². The van der Waals surface area contributed by atoms with Gasteiger partial charge in [-0.3, -0.25) is 14.7 Å². The maximum absolute atomic E-state index is 13.1. The van der Waals surface area contributed by atoms with Gasteiger partial charge in [0.05, 0.1) is 11.6 Å². The molecule has 0 unspecified atom stereocenters. The van der Waals surface area contributed by atoms with Gasteiger partial charge in [-0.1, -0.05) is 26.0 Å². The number of aliphatic hydroxyl groups is 1. The monoisotopic (exact) mass is 347 g/mol. The molecule has 1 aromatic carbocycles. The maximum Gasteiger partial charge on any atom is 0.123 e. The Kier molecular flexibility index (Phi) is 4.61. The first-order chi connectivity index (χ1) is 11.9. The van der Waals surface area contributed by atoms with E-state index < -0.39 is 0 Å². The van der Waals surface area contributed by atoms with Crippen LogP contribution < -0.4 is 0 Å². The fraction of sp³-hybridized carbons (Fsp3) is 0.700. The number of likely N-dealkylation sites (tertiary alicyclic amines) is 1. The third-order valence-corrected chi connectivity index (χ3v) is 5.97. The Morgan fingerprint density at radius 3 is 2.48 bits per heavy atom. The van der Waals surface area contributed by atoms with Crippen molar-refractivity contribution >= 4 is 0 Å². The van der Waals surface area contributed by atoms with Gasteiger partial charge in [0.15, 0.2) is 0 Å². The first-order valence-corrected chi connectivity index (χ1v) is 9.57. The minimum Gasteiger partial charge on any atom is -0.392 e. The van der Waals surface area contributed by atoms with Gasteiger partial charge in [-0.2, -0.15) is 0 Å². The van der Waals surface area contributed by atoms with Crippen LogP contribution in [0.1, 0.15) is 25.8 Å². The van der Waals surface area contributed by atoms with Crippen molar-refractivity contribution in [2.45, 2.75) is 44.5 Å². The summed E-state index contributed by atoms with van der Waals surface area (Å²) < 4.78 is 13.1. The second kappa shape index (κ2) is 6.62. The van der Waals surface area contributed by atoms with Gasteiger partial charge in [0.2, 0.25) is 0 Å². The number of piperazine rings is 1. The predicted octanol–water partition coefficient (Wildman–Crippen LogP) is 1.79. The zero-order valence-electron chi connectivity index (χ0n) is 15.4. The number of fused-ring (bicyclic) bond motifs is 2. The molecule has 25 heavy (non-hydrogen) atoms. The van der Waals surface area contributed by atoms with Gasteiger partial charge in [0.25, 0.3) is 0 Å². The molecule has 138 valence electrons. The molecule has 0 bridgehead atoms. The zero-order chi connectivity index (χ0) is 17.6. The summed E-state index contributed by atoms with van der Waals surface area (Å²) in [6.07, 6.45) is 0.737. The van der Waals surface area contributed by atoms with E-state index in [0.29, 0.717) is 12.0 Å². The lowest BCUT2D eigenvalue weighted by Crippen LogP contribution is -2.77. The molecule has 5 heteroatoms. The maximum atomic E-state index is 13.1. The molecule has 1 spiro atoms. The minimum atomic E-state index is -0.174. The molecule has 3 aliphatic heterocycles. The second-order valence-electron chi connectivity index (χ2n) is 8.78. The molecule has 3 fully saturated rings. The predicted molar refractivity (Wildman–Crippen MR) is 96.8 cm³/mol. The molecule has 1 N–H and O–H groups in total. The lowest BCUT2D eigenvalue weighted by atomic mass is 9.83. The summed E-state index contributed by atoms with van der Waals surface area (Å²) in [6, 6.07) is 7.35. The summed E-state index contributed by atoms with van der Waals surface area (Å²) in [5.74, 6) is 0.500. The van der Waals surface area contributed by atoms with Gasteiger partial charge in [0.1, 0.15) is 5.82 Å². The topological polar surface area (TPSA) is 30.0 Å². The molecule has 4 rings (SSSR count). The Morgan fingerprint density at radius 1 is 1.12 bits per heavy atom. The quantitative estimate of drug-likeness (QED) is 0.899. The number of nitrogens with zero attached hydrogens (tertiary/aromatic N) is 3. The third kappa shape index (κ3) is 3.47. The molecule has 0 aromatic heterocycles. The molecule has 4 nitrogen and oxygen atoms in total. The lowest BCUT2D eigenvalue weighted by Gasteiger charge is -2.61. The number of hydrogen-bond acceptors (Lipinski definition) is 4. The molecule has 0 radical (unpaired) electrons. The highest BCUT2D eigenvalue weighted by molar-refractivity contribution is 5.19. The third-order valence-electron chi connectivity index (χ3n) is 5.97. The highest BCUT2D eigenvalue weighted by atomic mass is 19.1. The Bertz CT molecular complexity index is 599. The standard InChI is InChI=1S/C20H30FN3O/c1-15(2)8-22-10-18-7-19(25)11-24(18)20(12-22)13-23(14-20)9-16-3-5-17(21)6-4-16/h3-6,15,18-19,25H,7-14H2,1-2H3/t18-,19+/m0/s1. The van der Waals surface area contributed by atoms with Crippen molar-refractivity contribution in [1.29, 1.82) is 0 Å². The van der Waals surface area contributed by atoms with Crippen LogP contribution in [-0.2, 0) is 6.54 Å². The molecule has 3 saturated heterocycles. The van der Waals surface area contributed by atoms with Gasteiger partial charge >= 0.3 is 0 Å². The lowest BCUT2D eigenvalue weighted by molar-refractivity contribution is -0.117. The summed E-state index contributed by atoms with van der Waals surface area (Å²) in [5.41, 5.74) is 1.36. The molecular weight excluding hydrogens is 317 g/mol. The number of hydrogen-bond donors (Lipinski definition) is 1. The van der Waals surface area contributed by atoms with Crippen LogP contribution in [0.4, 0.5) is 4.39 Å². The molecular formula is C20H30FN3O. The smallest absolute Gasteiger partial charge is 0.123 e. The van der Waals surface area contributed by atoms with Crippen LogP contribution in [0.3, 0.4) is 0 Å². The Hall–Kier alpha value is -1.01. The largest absolute Gasteiger partial charge is 0.392 e. The van der Waals surface area contributed by atoms with Crippen molar-refractivity contribution in [2.24, 2.45) is 5.92 Å². The van der Waals surface area contributed by atoms with Crippen molar-refractivity contribution in [1.82, 2.24) is 14.7 Å². The van der Waals surface area contributed by atoms with E-state index in [1.807, 2.05) is 12.1 Å². The van der Waals surface area contributed by atoms with E-state index in [1.54, 1.807) is 12.1 Å². The molecule has 0 aliphatic carbocycles. The number of rotatable bonds is 4. The first kappa shape index (κ1) is 17.4. The van der Waals surface area contributed by atoms with E-state index in [1.165, 1.54) is 5.56 Å². The highest BCUT2D eigenvalue weighted by Gasteiger charge is 2.55. The van der Waals surface area contributed by atoms with E-state index in [2.05, 4.69) is 28.5 Å². The van der Waals surface area contributed by atoms with Crippen molar-refractivity contribution in [3.8, 4) is 0 Å². The van der Waals surface area contributed by atoms with Gasteiger partial charge < -0.3 is 5.11 Å². The number of aliphatic hydroxyl groups excluding tert-OH is 1. The summed E-state index contributed by atoms with van der Waals surface area (Å²) >= 11 is 0. The Labute approximate surface area is 150 Å². The number of benzene rings is 1. The van der Waals surface area contributed by atoms with Crippen molar-refractivity contribution < 1.29 is 9.50 Å². The van der Waals surface area contributed by atoms with Crippen molar-refractivity contribution in [2.75, 3.05) is 39.3 Å². The first-order valence-electron chi connectivity index (χ1n) is 9.57. The van der Waals surface area contributed by atoms with Crippen molar-refractivity contribution in [3.05, 3.63) is 35.6 Å². The average molecular weight is 347 g/mol. The SMILES string of the molecule is CC(C)CN1C[C@@H]2C[C@@H](O)CN2C2(C1)CN(Cc1ccc(F)cc1)C2. The van der Waals surface area contributed by atoms with E-state index in [-0.39, 0.29) is 17.5 Å². The Morgan fingerprint density at radius 2 is 1.80 bits per heavy atom. The molecule has 3 heterocycles. The summed E-state index contributed by atoms with van der Waals surface area (Å²) in [7, 11) is 0. The summed E-state index contributed by atoms with van der Waals surface area (Å²) in [4.78, 5) is 7.66. The summed E-state index contributed by atoms with van der Waals surface area (Å²) in [6.45, 7) is 11.7. The number of halogens is 1. The van der Waals surface area contributed by atoms with Gasteiger partial charge in [-0.15, -0.1) is 0 Å².